The Labute approximate surface area is 159 Å². The van der Waals surface area contributed by atoms with E-state index in [1.54, 1.807) is 5.48 Å². The van der Waals surface area contributed by atoms with E-state index in [1.807, 2.05) is 44.2 Å². The van der Waals surface area contributed by atoms with Crippen molar-refractivity contribution in [3.8, 4) is 0 Å². The van der Waals surface area contributed by atoms with Crippen LogP contribution in [0.1, 0.15) is 25.8 Å². The van der Waals surface area contributed by atoms with Gasteiger partial charge in [-0.05, 0) is 17.9 Å². The molecule has 3 atom stereocenters. The summed E-state index contributed by atoms with van der Waals surface area (Å²) in [4.78, 5) is 36.5. The van der Waals surface area contributed by atoms with Gasteiger partial charge in [0.25, 0.3) is 0 Å². The number of thiol groups is 1. The lowest BCUT2D eigenvalue weighted by molar-refractivity contribution is -0.140. The van der Waals surface area contributed by atoms with Crippen LogP contribution < -0.4 is 16.5 Å². The number of primary amides is 1. The lowest BCUT2D eigenvalue weighted by Crippen LogP contribution is -2.51. The Balaban J connectivity index is 2.96. The Hall–Kier alpha value is -2.06. The summed E-state index contributed by atoms with van der Waals surface area (Å²) in [5.41, 5.74) is 7.88. The van der Waals surface area contributed by atoms with Gasteiger partial charge in [0.05, 0.1) is 11.8 Å². The van der Waals surface area contributed by atoms with Crippen molar-refractivity contribution < 1.29 is 19.6 Å². The summed E-state index contributed by atoms with van der Waals surface area (Å²) in [6.45, 7) is 3.84. The predicted molar refractivity (Wildman–Crippen MR) is 101 cm³/mol. The van der Waals surface area contributed by atoms with Crippen LogP contribution in [-0.2, 0) is 20.8 Å². The second kappa shape index (κ2) is 10.8. The van der Waals surface area contributed by atoms with Gasteiger partial charge in [-0.25, -0.2) is 5.48 Å². The Kier molecular flexibility index (Phi) is 9.15. The van der Waals surface area contributed by atoms with Crippen molar-refractivity contribution >= 4 is 30.4 Å². The highest BCUT2D eigenvalue weighted by molar-refractivity contribution is 7.80. The summed E-state index contributed by atoms with van der Waals surface area (Å²) >= 11 is 4.13. The molecular weight excluding hydrogens is 354 g/mol. The Bertz CT molecular complexity index is 610. The first-order valence-corrected chi connectivity index (χ1v) is 9.11. The van der Waals surface area contributed by atoms with Crippen LogP contribution in [0.4, 0.5) is 0 Å². The fraction of sp³-hybridized carbons (Fsp3) is 0.500. The van der Waals surface area contributed by atoms with Gasteiger partial charge >= 0.3 is 0 Å². The molecule has 7 nitrogen and oxygen atoms in total. The molecule has 0 aliphatic rings. The fourth-order valence-electron chi connectivity index (χ4n) is 2.79. The molecule has 0 radical (unpaired) electrons. The minimum atomic E-state index is -0.891. The number of carbonyl (C=O) groups is 3. The van der Waals surface area contributed by atoms with Crippen LogP contribution in [0.3, 0.4) is 0 Å². The first-order valence-electron chi connectivity index (χ1n) is 8.48. The van der Waals surface area contributed by atoms with Crippen molar-refractivity contribution in [1.82, 2.24) is 10.8 Å². The molecule has 0 spiro atoms. The van der Waals surface area contributed by atoms with E-state index in [0.717, 1.165) is 5.56 Å². The van der Waals surface area contributed by atoms with E-state index in [-0.39, 0.29) is 18.1 Å². The predicted octanol–water partition coefficient (Wildman–Crippen LogP) is 0.913. The molecule has 1 aromatic carbocycles. The van der Waals surface area contributed by atoms with Gasteiger partial charge in [-0.3, -0.25) is 19.6 Å². The normalized spacial score (nSPS) is 14.3. The molecule has 0 saturated carbocycles. The van der Waals surface area contributed by atoms with Crippen LogP contribution in [0, 0.1) is 17.8 Å². The molecule has 1 rings (SSSR count). The van der Waals surface area contributed by atoms with E-state index in [2.05, 4.69) is 17.9 Å². The van der Waals surface area contributed by atoms with Gasteiger partial charge in [-0.2, -0.15) is 12.6 Å². The minimum absolute atomic E-state index is 0.0805. The van der Waals surface area contributed by atoms with Crippen LogP contribution in [0.15, 0.2) is 30.3 Å². The molecule has 0 aliphatic carbocycles. The zero-order chi connectivity index (χ0) is 19.7. The second-order valence-electron chi connectivity index (χ2n) is 6.65. The maximum Gasteiger partial charge on any atom is 0.248 e. The number of nitrogens with one attached hydrogen (secondary N) is 2. The highest BCUT2D eigenvalue weighted by Crippen LogP contribution is 2.23. The van der Waals surface area contributed by atoms with Crippen LogP contribution in [0.2, 0.25) is 0 Å². The molecule has 3 amide bonds. The molecule has 0 unspecified atom stereocenters. The molecule has 0 fully saturated rings. The third-order valence-corrected chi connectivity index (χ3v) is 4.53. The second-order valence-corrected chi connectivity index (χ2v) is 7.02. The van der Waals surface area contributed by atoms with Crippen molar-refractivity contribution in [3.63, 3.8) is 0 Å². The van der Waals surface area contributed by atoms with Crippen molar-refractivity contribution in [1.29, 1.82) is 0 Å². The average Bonchev–Trinajstić information content (AvgIpc) is 2.61. The standard InChI is InChI=1S/C18H27N3O4S/c1-11(2)8-13(14(10-26)18(24)21-25)17(23)20-15(16(19)22)9-12-6-4-3-5-7-12/h3-7,11,13-15,25-26H,8-10H2,1-2H3,(H2,19,22)(H,20,23)(H,21,24)/t13-,14+,15+/m1/s1. The van der Waals surface area contributed by atoms with E-state index >= 15 is 0 Å². The number of hydroxylamine groups is 1. The number of nitrogens with two attached hydrogens (primary N) is 1. The van der Waals surface area contributed by atoms with Crippen molar-refractivity contribution in [2.75, 3.05) is 5.75 Å². The van der Waals surface area contributed by atoms with E-state index in [4.69, 9.17) is 10.9 Å². The Morgan fingerprint density at radius 1 is 1.12 bits per heavy atom. The Morgan fingerprint density at radius 3 is 2.19 bits per heavy atom. The maximum absolute atomic E-state index is 12.8. The van der Waals surface area contributed by atoms with Crippen LogP contribution >= 0.6 is 12.6 Å². The molecule has 0 saturated heterocycles. The van der Waals surface area contributed by atoms with Crippen molar-refractivity contribution in [2.24, 2.45) is 23.5 Å². The zero-order valence-electron chi connectivity index (χ0n) is 15.0. The molecular formula is C18H27N3O4S. The topological polar surface area (TPSA) is 122 Å². The third kappa shape index (κ3) is 6.68. The largest absolute Gasteiger partial charge is 0.368 e. The highest BCUT2D eigenvalue weighted by Gasteiger charge is 2.34. The SMILES string of the molecule is CC(C)C[C@@H](C(=O)N[C@@H](Cc1ccccc1)C(N)=O)[C@H](CS)C(=O)NO. The van der Waals surface area contributed by atoms with Gasteiger partial charge in [0.2, 0.25) is 17.7 Å². The molecule has 0 aliphatic heterocycles. The molecule has 26 heavy (non-hydrogen) atoms. The maximum atomic E-state index is 12.8. The third-order valence-electron chi connectivity index (χ3n) is 4.13. The van der Waals surface area contributed by atoms with Crippen LogP contribution in [0.5, 0.6) is 0 Å². The summed E-state index contributed by atoms with van der Waals surface area (Å²) in [6.07, 6.45) is 0.662. The number of amides is 3. The van der Waals surface area contributed by atoms with E-state index in [0.29, 0.717) is 6.42 Å². The number of rotatable bonds is 10. The van der Waals surface area contributed by atoms with E-state index in [1.165, 1.54) is 0 Å². The van der Waals surface area contributed by atoms with Crippen molar-refractivity contribution in [2.45, 2.75) is 32.7 Å². The lowest BCUT2D eigenvalue weighted by Gasteiger charge is -2.27. The monoisotopic (exact) mass is 381 g/mol. The lowest BCUT2D eigenvalue weighted by atomic mass is 9.84. The first kappa shape index (κ1) is 22.0. The summed E-state index contributed by atoms with van der Waals surface area (Å²) in [5, 5.41) is 11.6. The summed E-state index contributed by atoms with van der Waals surface area (Å²) in [5.74, 6) is -3.15. The average molecular weight is 381 g/mol. The molecule has 8 heteroatoms. The van der Waals surface area contributed by atoms with Crippen LogP contribution in [-0.4, -0.2) is 34.7 Å². The molecule has 0 heterocycles. The zero-order valence-corrected chi connectivity index (χ0v) is 15.9. The molecule has 1 aromatic rings. The fourth-order valence-corrected chi connectivity index (χ4v) is 3.21. The molecule has 5 N–H and O–H groups in total. The summed E-state index contributed by atoms with van der Waals surface area (Å²) in [6, 6.07) is 8.30. The van der Waals surface area contributed by atoms with Gasteiger partial charge in [-0.15, -0.1) is 0 Å². The Morgan fingerprint density at radius 2 is 1.73 bits per heavy atom. The van der Waals surface area contributed by atoms with Crippen molar-refractivity contribution in [3.05, 3.63) is 35.9 Å². The number of hydrogen-bond acceptors (Lipinski definition) is 5. The molecule has 144 valence electrons. The number of benzene rings is 1. The van der Waals surface area contributed by atoms with Gasteiger partial charge in [0.15, 0.2) is 0 Å². The van der Waals surface area contributed by atoms with Crippen LogP contribution in [0.25, 0.3) is 0 Å². The van der Waals surface area contributed by atoms with Gasteiger partial charge in [0.1, 0.15) is 6.04 Å². The van der Waals surface area contributed by atoms with Gasteiger partial charge in [-0.1, -0.05) is 44.2 Å². The smallest absolute Gasteiger partial charge is 0.248 e. The summed E-state index contributed by atoms with van der Waals surface area (Å²) < 4.78 is 0. The van der Waals surface area contributed by atoms with E-state index < -0.39 is 35.6 Å². The highest BCUT2D eigenvalue weighted by atomic mass is 32.1. The molecule has 0 aromatic heterocycles. The number of carbonyl (C=O) groups excluding carboxylic acids is 3. The van der Waals surface area contributed by atoms with Gasteiger partial charge < -0.3 is 11.1 Å². The summed E-state index contributed by atoms with van der Waals surface area (Å²) in [7, 11) is 0. The molecule has 0 bridgehead atoms. The first-order chi connectivity index (χ1) is 12.3. The minimum Gasteiger partial charge on any atom is -0.368 e. The van der Waals surface area contributed by atoms with E-state index in [9.17, 15) is 14.4 Å². The number of hydrogen-bond donors (Lipinski definition) is 5. The quantitative estimate of drug-likeness (QED) is 0.235. The van der Waals surface area contributed by atoms with Gasteiger partial charge in [0, 0.05) is 12.2 Å².